The summed E-state index contributed by atoms with van der Waals surface area (Å²) in [6.45, 7) is 5.20. The Hall–Kier alpha value is -1.42. The van der Waals surface area contributed by atoms with Crippen molar-refractivity contribution in [3.63, 3.8) is 0 Å². The minimum atomic E-state index is -0.210. The highest BCUT2D eigenvalue weighted by Crippen LogP contribution is 2.23. The molecule has 4 heteroatoms. The van der Waals surface area contributed by atoms with Gasteiger partial charge in [0.15, 0.2) is 5.82 Å². The number of imidazole rings is 1. The molecule has 1 aliphatic heterocycles. The Morgan fingerprint density at radius 2 is 2.37 bits per heavy atom. The number of aromatic nitrogens is 2. The highest BCUT2D eigenvalue weighted by atomic mass is 19.1. The summed E-state index contributed by atoms with van der Waals surface area (Å²) in [7, 11) is 0. The first-order chi connectivity index (χ1) is 9.29. The molecule has 0 amide bonds. The van der Waals surface area contributed by atoms with Crippen molar-refractivity contribution in [3.8, 4) is 0 Å². The summed E-state index contributed by atoms with van der Waals surface area (Å²) >= 11 is 0. The molecule has 0 aliphatic carbocycles. The van der Waals surface area contributed by atoms with Crippen molar-refractivity contribution in [3.05, 3.63) is 29.8 Å². The van der Waals surface area contributed by atoms with E-state index in [0.717, 1.165) is 43.8 Å². The fourth-order valence-corrected chi connectivity index (χ4v) is 2.94. The molecule has 1 aromatic heterocycles. The first-order valence-corrected chi connectivity index (χ1v) is 7.14. The van der Waals surface area contributed by atoms with E-state index in [1.165, 1.54) is 12.5 Å². The average Bonchev–Trinajstić information content (AvgIpc) is 3.01. The van der Waals surface area contributed by atoms with Crippen LogP contribution in [0.15, 0.2) is 18.2 Å². The van der Waals surface area contributed by atoms with E-state index >= 15 is 0 Å². The third kappa shape index (κ3) is 2.37. The molecule has 1 fully saturated rings. The second-order valence-electron chi connectivity index (χ2n) is 5.35. The minimum absolute atomic E-state index is 0.210. The van der Waals surface area contributed by atoms with Crippen LogP contribution in [-0.2, 0) is 13.0 Å². The van der Waals surface area contributed by atoms with Crippen molar-refractivity contribution in [1.29, 1.82) is 0 Å². The van der Waals surface area contributed by atoms with Crippen LogP contribution in [0.25, 0.3) is 11.0 Å². The van der Waals surface area contributed by atoms with Gasteiger partial charge < -0.3 is 9.88 Å². The van der Waals surface area contributed by atoms with Crippen LogP contribution < -0.4 is 5.32 Å². The molecule has 0 bridgehead atoms. The van der Waals surface area contributed by atoms with Gasteiger partial charge in [-0.1, -0.05) is 13.0 Å². The molecule has 2 heterocycles. The molecule has 1 aliphatic rings. The van der Waals surface area contributed by atoms with E-state index < -0.39 is 0 Å². The largest absolute Gasteiger partial charge is 0.328 e. The van der Waals surface area contributed by atoms with Crippen LogP contribution in [0.2, 0.25) is 0 Å². The van der Waals surface area contributed by atoms with Crippen molar-refractivity contribution in [2.75, 3.05) is 13.1 Å². The van der Waals surface area contributed by atoms with Gasteiger partial charge in [-0.25, -0.2) is 9.37 Å². The number of hydrogen-bond acceptors (Lipinski definition) is 2. The van der Waals surface area contributed by atoms with Crippen LogP contribution in [0.1, 0.15) is 25.6 Å². The second kappa shape index (κ2) is 5.29. The van der Waals surface area contributed by atoms with Gasteiger partial charge in [-0.05, 0) is 44.0 Å². The van der Waals surface area contributed by atoms with Crippen LogP contribution in [-0.4, -0.2) is 22.6 Å². The Balaban J connectivity index is 2.01. The molecule has 0 spiro atoms. The summed E-state index contributed by atoms with van der Waals surface area (Å²) in [6.07, 6.45) is 3.18. The van der Waals surface area contributed by atoms with Crippen molar-refractivity contribution >= 4 is 11.0 Å². The van der Waals surface area contributed by atoms with Gasteiger partial charge in [-0.2, -0.15) is 0 Å². The van der Waals surface area contributed by atoms with Crippen LogP contribution in [0.5, 0.6) is 0 Å². The lowest BCUT2D eigenvalue weighted by molar-refractivity contribution is 0.534. The quantitative estimate of drug-likeness (QED) is 0.917. The molecule has 3 nitrogen and oxygen atoms in total. The van der Waals surface area contributed by atoms with Gasteiger partial charge in [0.1, 0.15) is 11.3 Å². The predicted molar refractivity (Wildman–Crippen MR) is 74.7 cm³/mol. The first-order valence-electron chi connectivity index (χ1n) is 7.14. The smallest absolute Gasteiger partial charge is 0.151 e. The highest BCUT2D eigenvalue weighted by molar-refractivity contribution is 5.76. The van der Waals surface area contributed by atoms with Crippen molar-refractivity contribution in [2.24, 2.45) is 5.92 Å². The van der Waals surface area contributed by atoms with Gasteiger partial charge >= 0.3 is 0 Å². The fraction of sp³-hybridized carbons (Fsp3) is 0.533. The number of rotatable bonds is 4. The molecule has 0 radical (unpaired) electrons. The van der Waals surface area contributed by atoms with E-state index in [0.29, 0.717) is 11.4 Å². The van der Waals surface area contributed by atoms with Crippen molar-refractivity contribution in [1.82, 2.24) is 14.9 Å². The van der Waals surface area contributed by atoms with Crippen molar-refractivity contribution in [2.45, 2.75) is 32.7 Å². The number of nitrogens with one attached hydrogen (secondary N) is 1. The van der Waals surface area contributed by atoms with Gasteiger partial charge in [0.2, 0.25) is 0 Å². The highest BCUT2D eigenvalue weighted by Gasteiger charge is 2.20. The monoisotopic (exact) mass is 261 g/mol. The van der Waals surface area contributed by atoms with Gasteiger partial charge in [0.25, 0.3) is 0 Å². The molecule has 0 saturated carbocycles. The zero-order chi connectivity index (χ0) is 13.2. The van der Waals surface area contributed by atoms with E-state index in [1.54, 1.807) is 6.07 Å². The average molecular weight is 261 g/mol. The Morgan fingerprint density at radius 3 is 3.11 bits per heavy atom. The minimum Gasteiger partial charge on any atom is -0.328 e. The second-order valence-corrected chi connectivity index (χ2v) is 5.35. The summed E-state index contributed by atoms with van der Waals surface area (Å²) in [5.74, 6) is 1.46. The number of hydrogen-bond donors (Lipinski definition) is 1. The zero-order valence-corrected chi connectivity index (χ0v) is 11.3. The van der Waals surface area contributed by atoms with Crippen LogP contribution in [0.3, 0.4) is 0 Å². The summed E-state index contributed by atoms with van der Waals surface area (Å²) in [6, 6.07) is 5.23. The maximum absolute atomic E-state index is 13.8. The van der Waals surface area contributed by atoms with Crippen molar-refractivity contribution < 1.29 is 4.39 Å². The molecule has 1 N–H and O–H groups in total. The maximum atomic E-state index is 13.8. The zero-order valence-electron chi connectivity index (χ0n) is 11.3. The number of halogens is 1. The maximum Gasteiger partial charge on any atom is 0.151 e. The van der Waals surface area contributed by atoms with Crippen LogP contribution >= 0.6 is 0 Å². The summed E-state index contributed by atoms with van der Waals surface area (Å²) in [5, 5.41) is 3.38. The van der Waals surface area contributed by atoms with E-state index in [-0.39, 0.29) is 5.82 Å². The number of nitrogens with zero attached hydrogens (tertiary/aromatic N) is 2. The molecule has 1 unspecified atom stereocenters. The Labute approximate surface area is 112 Å². The predicted octanol–water partition coefficient (Wildman–Crippen LogP) is 2.74. The Morgan fingerprint density at radius 1 is 1.47 bits per heavy atom. The Kier molecular flexibility index (Phi) is 3.51. The summed E-state index contributed by atoms with van der Waals surface area (Å²) in [4.78, 5) is 4.55. The van der Waals surface area contributed by atoms with E-state index in [4.69, 9.17) is 0 Å². The number of fused-ring (bicyclic) bond motifs is 1. The standard InChI is InChI=1S/C15H20FN3/c1-2-8-19-13-5-3-4-12(16)15(13)18-14(19)9-11-6-7-17-10-11/h3-5,11,17H,2,6-10H2,1H3. The normalized spacial score (nSPS) is 19.4. The van der Waals surface area contributed by atoms with E-state index in [2.05, 4.69) is 21.8 Å². The lowest BCUT2D eigenvalue weighted by Gasteiger charge is -2.11. The number of para-hydroxylation sites is 1. The lowest BCUT2D eigenvalue weighted by Crippen LogP contribution is -2.14. The third-order valence-corrected chi connectivity index (χ3v) is 3.89. The van der Waals surface area contributed by atoms with Gasteiger partial charge in [-0.15, -0.1) is 0 Å². The third-order valence-electron chi connectivity index (χ3n) is 3.89. The molecule has 19 heavy (non-hydrogen) atoms. The summed E-state index contributed by atoms with van der Waals surface area (Å²) < 4.78 is 16.0. The topological polar surface area (TPSA) is 29.9 Å². The van der Waals surface area contributed by atoms with E-state index in [9.17, 15) is 4.39 Å². The molecule has 3 rings (SSSR count). The van der Waals surface area contributed by atoms with Crippen LogP contribution in [0, 0.1) is 11.7 Å². The first kappa shape index (κ1) is 12.6. The lowest BCUT2D eigenvalue weighted by atomic mass is 10.0. The number of benzene rings is 1. The number of aryl methyl sites for hydroxylation is 1. The molecule has 2 aromatic rings. The van der Waals surface area contributed by atoms with Gasteiger partial charge in [0, 0.05) is 13.0 Å². The summed E-state index contributed by atoms with van der Waals surface area (Å²) in [5.41, 5.74) is 1.46. The Bertz CT molecular complexity index is 570. The molecular weight excluding hydrogens is 241 g/mol. The SMILES string of the molecule is CCCn1c(CC2CCNC2)nc2c(F)cccc21. The molecule has 1 atom stereocenters. The molecular formula is C15H20FN3. The van der Waals surface area contributed by atoms with Gasteiger partial charge in [0.05, 0.1) is 5.52 Å². The molecule has 102 valence electrons. The van der Waals surface area contributed by atoms with Gasteiger partial charge in [-0.3, -0.25) is 0 Å². The molecule has 1 saturated heterocycles. The van der Waals surface area contributed by atoms with Crippen LogP contribution in [0.4, 0.5) is 4.39 Å². The fourth-order valence-electron chi connectivity index (χ4n) is 2.94. The molecule has 1 aromatic carbocycles. The van der Waals surface area contributed by atoms with E-state index in [1.807, 2.05) is 6.07 Å².